The number of nitrogen functional groups attached to an aromatic ring is 1. The van der Waals surface area contributed by atoms with Crippen molar-refractivity contribution in [2.24, 2.45) is 0 Å². The Morgan fingerprint density at radius 3 is 2.74 bits per heavy atom. The fourth-order valence-electron chi connectivity index (χ4n) is 1.93. The maximum atomic E-state index is 11.0. The predicted octanol–water partition coefficient (Wildman–Crippen LogP) is 2.30. The summed E-state index contributed by atoms with van der Waals surface area (Å²) in [7, 11) is 0. The first-order valence-electron chi connectivity index (χ1n) is 6.38. The molecule has 0 aliphatic rings. The number of nitrogens with two attached hydrogens (primary N) is 1. The van der Waals surface area contributed by atoms with Crippen LogP contribution in [0.1, 0.15) is 30.5 Å². The summed E-state index contributed by atoms with van der Waals surface area (Å²) in [4.78, 5) is 13.8. The molecule has 1 aromatic heterocycles. The lowest BCUT2D eigenvalue weighted by atomic mass is 9.98. The minimum atomic E-state index is 0.00652. The van der Waals surface area contributed by atoms with Crippen molar-refractivity contribution in [1.82, 2.24) is 10.3 Å². The zero-order valence-electron chi connectivity index (χ0n) is 11.0. The summed E-state index contributed by atoms with van der Waals surface area (Å²) in [6, 6.07) is 8.04. The molecule has 0 radical (unpaired) electrons. The molecular weight excluding hydrogens is 258 g/mol. The van der Waals surface area contributed by atoms with Gasteiger partial charge in [-0.05, 0) is 36.6 Å². The van der Waals surface area contributed by atoms with Crippen LogP contribution in [0.25, 0.3) is 0 Å². The molecule has 4 nitrogen and oxygen atoms in total. The fourth-order valence-corrected chi connectivity index (χ4v) is 2.51. The van der Waals surface area contributed by atoms with Crippen molar-refractivity contribution in [2.75, 3.05) is 12.3 Å². The van der Waals surface area contributed by atoms with Crippen LogP contribution in [0.3, 0.4) is 0 Å². The van der Waals surface area contributed by atoms with Crippen molar-refractivity contribution in [1.29, 1.82) is 0 Å². The molecule has 5 heteroatoms. The van der Waals surface area contributed by atoms with Crippen molar-refractivity contribution < 1.29 is 0 Å². The van der Waals surface area contributed by atoms with E-state index < -0.39 is 0 Å². The largest absolute Gasteiger partial charge is 0.399 e. The summed E-state index contributed by atoms with van der Waals surface area (Å²) in [6.07, 6.45) is 1.05. The molecule has 0 saturated carbocycles. The summed E-state index contributed by atoms with van der Waals surface area (Å²) in [5.74, 6) is 0.495. The molecule has 19 heavy (non-hydrogen) atoms. The summed E-state index contributed by atoms with van der Waals surface area (Å²) >= 11 is 1.20. The lowest BCUT2D eigenvalue weighted by molar-refractivity contribution is 0.590. The molecule has 2 rings (SSSR count). The van der Waals surface area contributed by atoms with Crippen molar-refractivity contribution in [2.45, 2.75) is 25.8 Å². The van der Waals surface area contributed by atoms with Gasteiger partial charge in [-0.15, -0.1) is 0 Å². The van der Waals surface area contributed by atoms with Crippen LogP contribution < -0.4 is 15.9 Å². The molecule has 1 heterocycles. The maximum Gasteiger partial charge on any atom is 0.304 e. The van der Waals surface area contributed by atoms with E-state index in [1.54, 1.807) is 0 Å². The van der Waals surface area contributed by atoms with Crippen LogP contribution in [0.5, 0.6) is 0 Å². The number of aromatic nitrogens is 1. The van der Waals surface area contributed by atoms with E-state index in [0.29, 0.717) is 12.5 Å². The number of hydrogen-bond acceptors (Lipinski definition) is 4. The maximum absolute atomic E-state index is 11.0. The normalized spacial score (nSPS) is 12.5. The topological polar surface area (TPSA) is 70.9 Å². The third-order valence-corrected chi connectivity index (χ3v) is 3.86. The van der Waals surface area contributed by atoms with Crippen LogP contribution in [0.15, 0.2) is 34.4 Å². The van der Waals surface area contributed by atoms with Gasteiger partial charge >= 0.3 is 4.87 Å². The van der Waals surface area contributed by atoms with Gasteiger partial charge in [-0.25, -0.2) is 0 Å². The van der Waals surface area contributed by atoms with Gasteiger partial charge in [0.05, 0.1) is 0 Å². The molecular formula is C14H19N3OS. The lowest BCUT2D eigenvalue weighted by Gasteiger charge is -2.12. The van der Waals surface area contributed by atoms with Crippen molar-refractivity contribution in [3.63, 3.8) is 0 Å². The zero-order chi connectivity index (χ0) is 13.7. The highest BCUT2D eigenvalue weighted by atomic mass is 32.1. The lowest BCUT2D eigenvalue weighted by Crippen LogP contribution is -2.17. The third-order valence-electron chi connectivity index (χ3n) is 3.15. The first-order valence-corrected chi connectivity index (χ1v) is 7.26. The molecule has 0 spiro atoms. The molecule has 0 aliphatic heterocycles. The van der Waals surface area contributed by atoms with Gasteiger partial charge in [0.15, 0.2) is 0 Å². The predicted molar refractivity (Wildman–Crippen MR) is 80.5 cm³/mol. The van der Waals surface area contributed by atoms with Crippen LogP contribution in [0, 0.1) is 0 Å². The van der Waals surface area contributed by atoms with Gasteiger partial charge in [0, 0.05) is 23.3 Å². The van der Waals surface area contributed by atoms with Crippen molar-refractivity contribution in [3.8, 4) is 0 Å². The van der Waals surface area contributed by atoms with E-state index in [1.165, 1.54) is 16.9 Å². The Kier molecular flexibility index (Phi) is 4.76. The third kappa shape index (κ3) is 4.22. The second-order valence-electron chi connectivity index (χ2n) is 4.71. The molecule has 0 amide bonds. The van der Waals surface area contributed by atoms with E-state index in [9.17, 15) is 4.79 Å². The number of anilines is 1. The molecule has 1 aromatic carbocycles. The Bertz CT molecular complexity index is 559. The Morgan fingerprint density at radius 2 is 2.11 bits per heavy atom. The number of H-pyrrole nitrogens is 1. The van der Waals surface area contributed by atoms with E-state index in [-0.39, 0.29) is 4.87 Å². The first-order chi connectivity index (χ1) is 9.15. The Balaban J connectivity index is 1.73. The molecule has 0 aliphatic carbocycles. The minimum Gasteiger partial charge on any atom is -0.399 e. The smallest absolute Gasteiger partial charge is 0.304 e. The molecule has 1 atom stereocenters. The highest BCUT2D eigenvalue weighted by molar-refractivity contribution is 7.07. The summed E-state index contributed by atoms with van der Waals surface area (Å²) < 4.78 is 0. The molecule has 0 bridgehead atoms. The van der Waals surface area contributed by atoms with Crippen LogP contribution in [0.2, 0.25) is 0 Å². The zero-order valence-corrected chi connectivity index (χ0v) is 11.8. The monoisotopic (exact) mass is 277 g/mol. The van der Waals surface area contributed by atoms with E-state index in [4.69, 9.17) is 5.73 Å². The highest BCUT2D eigenvalue weighted by Gasteiger charge is 2.05. The van der Waals surface area contributed by atoms with Gasteiger partial charge < -0.3 is 16.0 Å². The van der Waals surface area contributed by atoms with Crippen LogP contribution in [-0.4, -0.2) is 11.5 Å². The fraction of sp³-hybridized carbons (Fsp3) is 0.357. The quantitative estimate of drug-likeness (QED) is 0.560. The van der Waals surface area contributed by atoms with Crippen LogP contribution in [0.4, 0.5) is 5.69 Å². The number of rotatable bonds is 6. The van der Waals surface area contributed by atoms with Gasteiger partial charge in [0.1, 0.15) is 0 Å². The van der Waals surface area contributed by atoms with Gasteiger partial charge in [-0.2, -0.15) is 0 Å². The Labute approximate surface area is 116 Å². The van der Waals surface area contributed by atoms with Gasteiger partial charge in [0.25, 0.3) is 0 Å². The number of thiazole rings is 1. The average Bonchev–Trinajstić information content (AvgIpc) is 2.81. The Hall–Kier alpha value is -1.59. The van der Waals surface area contributed by atoms with Crippen molar-refractivity contribution >= 4 is 17.0 Å². The summed E-state index contributed by atoms with van der Waals surface area (Å²) in [5.41, 5.74) is 8.74. The van der Waals surface area contributed by atoms with E-state index in [1.807, 2.05) is 17.5 Å². The number of nitrogens with one attached hydrogen (secondary N) is 2. The van der Waals surface area contributed by atoms with Crippen molar-refractivity contribution in [3.05, 3.63) is 50.6 Å². The molecule has 1 unspecified atom stereocenters. The molecule has 0 fully saturated rings. The van der Waals surface area contributed by atoms with Gasteiger partial charge in [-0.3, -0.25) is 4.79 Å². The molecule has 2 aromatic rings. The molecule has 0 saturated heterocycles. The molecule has 4 N–H and O–H groups in total. The second kappa shape index (κ2) is 6.54. The minimum absolute atomic E-state index is 0.00652. The van der Waals surface area contributed by atoms with Gasteiger partial charge in [0.2, 0.25) is 0 Å². The highest BCUT2D eigenvalue weighted by Crippen LogP contribution is 2.19. The number of aromatic amines is 1. The first kappa shape index (κ1) is 13.8. The Morgan fingerprint density at radius 1 is 1.37 bits per heavy atom. The SMILES string of the molecule is CC(CCNCc1csc(=O)[nH]1)c1ccc(N)cc1. The number of hydrogen-bond donors (Lipinski definition) is 3. The van der Waals surface area contributed by atoms with Crippen LogP contribution >= 0.6 is 11.3 Å². The van der Waals surface area contributed by atoms with E-state index >= 15 is 0 Å². The van der Waals surface area contributed by atoms with Gasteiger partial charge in [-0.1, -0.05) is 30.4 Å². The summed E-state index contributed by atoms with van der Waals surface area (Å²) in [5, 5.41) is 5.20. The standard InChI is InChI=1S/C14H19N3OS/c1-10(11-2-4-12(15)5-3-11)6-7-16-8-13-9-19-14(18)17-13/h2-5,9-10,16H,6-8,15H2,1H3,(H,17,18). The molecule has 102 valence electrons. The van der Waals surface area contributed by atoms with E-state index in [2.05, 4.69) is 29.4 Å². The number of benzene rings is 1. The second-order valence-corrected chi connectivity index (χ2v) is 5.55. The van der Waals surface area contributed by atoms with Crippen LogP contribution in [-0.2, 0) is 6.54 Å². The summed E-state index contributed by atoms with van der Waals surface area (Å²) in [6.45, 7) is 3.84. The average molecular weight is 277 g/mol. The van der Waals surface area contributed by atoms with E-state index in [0.717, 1.165) is 24.3 Å².